The largest absolute Gasteiger partial charge is 0.493 e. The average Bonchev–Trinajstić information content (AvgIpc) is 2.39. The molecule has 0 aliphatic heterocycles. The number of ether oxygens (including phenoxy) is 1. The number of rotatable bonds is 4. The fraction of sp³-hybridized carbons (Fsp3) is 0.188. The van der Waals surface area contributed by atoms with E-state index in [1.807, 2.05) is 26.0 Å². The molecule has 0 saturated carbocycles. The molecular weight excluding hydrogens is 238 g/mol. The van der Waals surface area contributed by atoms with E-state index >= 15 is 0 Å². The molecule has 0 aromatic heterocycles. The Balaban J connectivity index is 2.46. The Hall–Kier alpha value is -2.29. The highest BCUT2D eigenvalue weighted by atomic mass is 16.5. The molecule has 2 aromatic carbocycles. The fourth-order valence-electron chi connectivity index (χ4n) is 1.92. The number of aryl methyl sites for hydroxylation is 1. The lowest BCUT2D eigenvalue weighted by atomic mass is 10.00. The van der Waals surface area contributed by atoms with E-state index in [0.717, 1.165) is 5.56 Å². The number of benzene rings is 2. The van der Waals surface area contributed by atoms with Crippen molar-refractivity contribution in [1.82, 2.24) is 0 Å². The lowest BCUT2D eigenvalue weighted by Crippen LogP contribution is -2.08. The quantitative estimate of drug-likeness (QED) is 0.674. The molecule has 2 aromatic rings. The third-order valence-corrected chi connectivity index (χ3v) is 2.90. The molecular formula is C16H17NO2. The number of hydrogen-bond acceptors (Lipinski definition) is 3. The summed E-state index contributed by atoms with van der Waals surface area (Å²) >= 11 is 0. The van der Waals surface area contributed by atoms with Crippen LogP contribution in [0.25, 0.3) is 0 Å². The van der Waals surface area contributed by atoms with Gasteiger partial charge in [0.15, 0.2) is 5.78 Å². The van der Waals surface area contributed by atoms with Gasteiger partial charge < -0.3 is 10.5 Å². The van der Waals surface area contributed by atoms with E-state index in [1.54, 1.807) is 30.3 Å². The van der Waals surface area contributed by atoms with E-state index in [0.29, 0.717) is 29.2 Å². The summed E-state index contributed by atoms with van der Waals surface area (Å²) in [5.74, 6) is 0.426. The SMILES string of the molecule is CCOc1cccc(N)c1C(=O)c1ccc(C)cc1. The van der Waals surface area contributed by atoms with Gasteiger partial charge in [0.25, 0.3) is 0 Å². The molecule has 0 aliphatic rings. The van der Waals surface area contributed by atoms with E-state index in [-0.39, 0.29) is 5.78 Å². The monoisotopic (exact) mass is 255 g/mol. The van der Waals surface area contributed by atoms with E-state index < -0.39 is 0 Å². The zero-order valence-electron chi connectivity index (χ0n) is 11.1. The Labute approximate surface area is 113 Å². The van der Waals surface area contributed by atoms with Gasteiger partial charge in [-0.1, -0.05) is 35.9 Å². The highest BCUT2D eigenvalue weighted by Gasteiger charge is 2.17. The molecule has 0 fully saturated rings. The maximum atomic E-state index is 12.5. The van der Waals surface area contributed by atoms with Gasteiger partial charge in [-0.25, -0.2) is 0 Å². The van der Waals surface area contributed by atoms with Gasteiger partial charge in [0.05, 0.1) is 12.2 Å². The van der Waals surface area contributed by atoms with Gasteiger partial charge >= 0.3 is 0 Å². The first-order chi connectivity index (χ1) is 9.13. The summed E-state index contributed by atoms with van der Waals surface area (Å²) in [5.41, 5.74) is 8.53. The van der Waals surface area contributed by atoms with Crippen LogP contribution in [0.3, 0.4) is 0 Å². The smallest absolute Gasteiger partial charge is 0.198 e. The second-order valence-corrected chi connectivity index (χ2v) is 4.35. The second kappa shape index (κ2) is 5.57. The van der Waals surface area contributed by atoms with E-state index in [4.69, 9.17) is 10.5 Å². The molecule has 3 heteroatoms. The summed E-state index contributed by atoms with van der Waals surface area (Å²) in [5, 5.41) is 0. The maximum absolute atomic E-state index is 12.5. The standard InChI is InChI=1S/C16H17NO2/c1-3-19-14-6-4-5-13(17)15(14)16(18)12-9-7-11(2)8-10-12/h4-10H,3,17H2,1-2H3. The van der Waals surface area contributed by atoms with E-state index in [1.165, 1.54) is 0 Å². The average molecular weight is 255 g/mol. The molecule has 0 saturated heterocycles. The van der Waals surface area contributed by atoms with Gasteiger partial charge in [-0.2, -0.15) is 0 Å². The Kier molecular flexibility index (Phi) is 3.85. The van der Waals surface area contributed by atoms with Gasteiger partial charge in [-0.05, 0) is 26.0 Å². The van der Waals surface area contributed by atoms with Crippen LogP contribution in [0.5, 0.6) is 5.75 Å². The normalized spacial score (nSPS) is 10.2. The number of hydrogen-bond donors (Lipinski definition) is 1. The van der Waals surface area contributed by atoms with Crippen LogP contribution in [-0.4, -0.2) is 12.4 Å². The van der Waals surface area contributed by atoms with Crippen LogP contribution in [0.4, 0.5) is 5.69 Å². The summed E-state index contributed by atoms with van der Waals surface area (Å²) in [7, 11) is 0. The molecule has 3 nitrogen and oxygen atoms in total. The molecule has 0 unspecified atom stereocenters. The first-order valence-corrected chi connectivity index (χ1v) is 6.26. The fourth-order valence-corrected chi connectivity index (χ4v) is 1.92. The summed E-state index contributed by atoms with van der Waals surface area (Å²) in [6, 6.07) is 12.7. The van der Waals surface area contributed by atoms with Crippen molar-refractivity contribution in [3.8, 4) is 5.75 Å². The summed E-state index contributed by atoms with van der Waals surface area (Å²) in [4.78, 5) is 12.5. The molecule has 2 N–H and O–H groups in total. The Morgan fingerprint density at radius 1 is 1.16 bits per heavy atom. The molecule has 0 bridgehead atoms. The number of carbonyl (C=O) groups is 1. The summed E-state index contributed by atoms with van der Waals surface area (Å²) < 4.78 is 5.48. The van der Waals surface area contributed by atoms with Crippen LogP contribution in [0.1, 0.15) is 28.4 Å². The summed E-state index contributed by atoms with van der Waals surface area (Å²) in [6.45, 7) is 4.36. The Morgan fingerprint density at radius 3 is 2.47 bits per heavy atom. The van der Waals surface area contributed by atoms with Gasteiger partial charge in [0.2, 0.25) is 0 Å². The van der Waals surface area contributed by atoms with Crippen molar-refractivity contribution in [3.63, 3.8) is 0 Å². The third-order valence-electron chi connectivity index (χ3n) is 2.90. The highest BCUT2D eigenvalue weighted by molar-refractivity contribution is 6.13. The van der Waals surface area contributed by atoms with Crippen molar-refractivity contribution >= 4 is 11.5 Å². The number of carbonyl (C=O) groups excluding carboxylic acids is 1. The molecule has 0 aliphatic carbocycles. The van der Waals surface area contributed by atoms with Crippen LogP contribution in [-0.2, 0) is 0 Å². The van der Waals surface area contributed by atoms with E-state index in [2.05, 4.69) is 0 Å². The minimum absolute atomic E-state index is 0.110. The van der Waals surface area contributed by atoms with Gasteiger partial charge in [-0.15, -0.1) is 0 Å². The molecule has 19 heavy (non-hydrogen) atoms. The number of nitrogen functional groups attached to an aromatic ring is 1. The third kappa shape index (κ3) is 2.76. The molecule has 0 amide bonds. The van der Waals surface area contributed by atoms with Crippen molar-refractivity contribution < 1.29 is 9.53 Å². The summed E-state index contributed by atoms with van der Waals surface area (Å²) in [6.07, 6.45) is 0. The molecule has 0 radical (unpaired) electrons. The molecule has 98 valence electrons. The minimum atomic E-state index is -0.110. The first-order valence-electron chi connectivity index (χ1n) is 6.26. The lowest BCUT2D eigenvalue weighted by Gasteiger charge is -2.11. The zero-order valence-corrected chi connectivity index (χ0v) is 11.1. The minimum Gasteiger partial charge on any atom is -0.493 e. The molecule has 0 heterocycles. The van der Waals surface area contributed by atoms with Crippen LogP contribution in [0, 0.1) is 6.92 Å². The van der Waals surface area contributed by atoms with Crippen molar-refractivity contribution in [1.29, 1.82) is 0 Å². The maximum Gasteiger partial charge on any atom is 0.198 e. The van der Waals surface area contributed by atoms with Crippen molar-refractivity contribution in [2.24, 2.45) is 0 Å². The van der Waals surface area contributed by atoms with Gasteiger partial charge in [0, 0.05) is 11.3 Å². The molecule has 0 spiro atoms. The van der Waals surface area contributed by atoms with Gasteiger partial charge in [-0.3, -0.25) is 4.79 Å². The van der Waals surface area contributed by atoms with Crippen molar-refractivity contribution in [3.05, 3.63) is 59.2 Å². The van der Waals surface area contributed by atoms with Crippen LogP contribution >= 0.6 is 0 Å². The lowest BCUT2D eigenvalue weighted by molar-refractivity contribution is 0.103. The highest BCUT2D eigenvalue weighted by Crippen LogP contribution is 2.27. The van der Waals surface area contributed by atoms with Gasteiger partial charge in [0.1, 0.15) is 5.75 Å². The topological polar surface area (TPSA) is 52.3 Å². The predicted molar refractivity (Wildman–Crippen MR) is 76.6 cm³/mol. The van der Waals surface area contributed by atoms with Crippen molar-refractivity contribution in [2.45, 2.75) is 13.8 Å². The first kappa shape index (κ1) is 13.1. The zero-order chi connectivity index (χ0) is 13.8. The Bertz CT molecular complexity index is 588. The molecule has 0 atom stereocenters. The Morgan fingerprint density at radius 2 is 1.84 bits per heavy atom. The van der Waals surface area contributed by atoms with Crippen LogP contribution in [0.15, 0.2) is 42.5 Å². The van der Waals surface area contributed by atoms with Crippen LogP contribution in [0.2, 0.25) is 0 Å². The second-order valence-electron chi connectivity index (χ2n) is 4.35. The van der Waals surface area contributed by atoms with Crippen molar-refractivity contribution in [2.75, 3.05) is 12.3 Å². The predicted octanol–water partition coefficient (Wildman–Crippen LogP) is 3.21. The number of ketones is 1. The number of anilines is 1. The molecule has 2 rings (SSSR count). The van der Waals surface area contributed by atoms with E-state index in [9.17, 15) is 4.79 Å². The number of nitrogens with two attached hydrogens (primary N) is 1. The van der Waals surface area contributed by atoms with Crippen LogP contribution < -0.4 is 10.5 Å².